The van der Waals surface area contributed by atoms with E-state index in [0.717, 1.165) is 5.56 Å². The smallest absolute Gasteiger partial charge is 0.352 e. The molecule has 0 aliphatic rings. The predicted molar refractivity (Wildman–Crippen MR) is 92.6 cm³/mol. The van der Waals surface area contributed by atoms with Crippen LogP contribution in [-0.4, -0.2) is 23.1 Å². The van der Waals surface area contributed by atoms with Gasteiger partial charge in [-0.1, -0.05) is 24.6 Å². The first-order valence-electron chi connectivity index (χ1n) is 7.38. The van der Waals surface area contributed by atoms with Gasteiger partial charge >= 0.3 is 11.9 Å². The van der Waals surface area contributed by atoms with Crippen LogP contribution in [0.5, 0.6) is 11.5 Å². The maximum absolute atomic E-state index is 12.3. The normalized spacial score (nSPS) is 11.6. The van der Waals surface area contributed by atoms with Gasteiger partial charge in [0, 0.05) is 0 Å². The van der Waals surface area contributed by atoms with E-state index in [0.29, 0.717) is 16.6 Å². The highest BCUT2D eigenvalue weighted by Crippen LogP contribution is 2.27. The standard InChI is InChI=1S/C18H17BrO5/c1-3-15(23-13-7-4-11(2)5-8-13)18(22)24-16-9-6-12(17(20)21)10-14(16)19/h4-10,15H,3H2,1-2H3,(H,20,21). The number of carboxylic acid groups (broad SMARTS) is 1. The molecule has 1 unspecified atom stereocenters. The number of esters is 1. The third kappa shape index (κ3) is 4.58. The maximum atomic E-state index is 12.3. The van der Waals surface area contributed by atoms with Crippen molar-refractivity contribution in [3.05, 3.63) is 58.1 Å². The van der Waals surface area contributed by atoms with Gasteiger partial charge in [0.1, 0.15) is 11.5 Å². The van der Waals surface area contributed by atoms with E-state index in [1.807, 2.05) is 26.0 Å². The van der Waals surface area contributed by atoms with Crippen molar-refractivity contribution < 1.29 is 24.2 Å². The zero-order valence-corrected chi connectivity index (χ0v) is 14.9. The van der Waals surface area contributed by atoms with E-state index in [2.05, 4.69) is 15.9 Å². The van der Waals surface area contributed by atoms with Crippen LogP contribution in [0.3, 0.4) is 0 Å². The first kappa shape index (κ1) is 18.0. The lowest BCUT2D eigenvalue weighted by Crippen LogP contribution is -2.31. The Morgan fingerprint density at radius 1 is 1.17 bits per heavy atom. The molecule has 24 heavy (non-hydrogen) atoms. The number of halogens is 1. The van der Waals surface area contributed by atoms with Crippen LogP contribution in [0, 0.1) is 6.92 Å². The molecule has 0 fully saturated rings. The molecule has 0 saturated carbocycles. The highest BCUT2D eigenvalue weighted by molar-refractivity contribution is 9.10. The Bertz CT molecular complexity index is 740. The molecule has 0 amide bonds. The number of aryl methyl sites for hydroxylation is 1. The minimum Gasteiger partial charge on any atom is -0.479 e. The number of aromatic carboxylic acids is 1. The Morgan fingerprint density at radius 2 is 1.83 bits per heavy atom. The Labute approximate surface area is 148 Å². The molecule has 5 nitrogen and oxygen atoms in total. The van der Waals surface area contributed by atoms with Crippen molar-refractivity contribution in [3.63, 3.8) is 0 Å². The molecule has 0 aliphatic heterocycles. The lowest BCUT2D eigenvalue weighted by atomic mass is 10.2. The minimum absolute atomic E-state index is 0.102. The Kier molecular flexibility index (Phi) is 5.98. The molecular formula is C18H17BrO5. The van der Waals surface area contributed by atoms with Crippen molar-refractivity contribution in [2.45, 2.75) is 26.4 Å². The van der Waals surface area contributed by atoms with E-state index < -0.39 is 18.0 Å². The van der Waals surface area contributed by atoms with Gasteiger partial charge in [-0.2, -0.15) is 0 Å². The number of ether oxygens (including phenoxy) is 2. The van der Waals surface area contributed by atoms with E-state index >= 15 is 0 Å². The van der Waals surface area contributed by atoms with Crippen LogP contribution in [0.25, 0.3) is 0 Å². The molecule has 0 aliphatic carbocycles. The van der Waals surface area contributed by atoms with Gasteiger partial charge in [0.25, 0.3) is 0 Å². The molecule has 0 saturated heterocycles. The van der Waals surface area contributed by atoms with Crippen LogP contribution in [0.4, 0.5) is 0 Å². The monoisotopic (exact) mass is 392 g/mol. The molecule has 1 atom stereocenters. The topological polar surface area (TPSA) is 72.8 Å². The Balaban J connectivity index is 2.09. The van der Waals surface area contributed by atoms with Crippen molar-refractivity contribution in [2.24, 2.45) is 0 Å². The predicted octanol–water partition coefficient (Wildman–Crippen LogP) is 4.22. The Morgan fingerprint density at radius 3 is 2.38 bits per heavy atom. The van der Waals surface area contributed by atoms with Crippen LogP contribution in [0.2, 0.25) is 0 Å². The zero-order valence-electron chi connectivity index (χ0n) is 13.3. The lowest BCUT2D eigenvalue weighted by molar-refractivity contribution is -0.142. The third-order valence-corrected chi connectivity index (χ3v) is 3.94. The second-order valence-corrected chi connectivity index (χ2v) is 6.05. The number of hydrogen-bond acceptors (Lipinski definition) is 4. The van der Waals surface area contributed by atoms with Crippen molar-refractivity contribution >= 4 is 27.9 Å². The largest absolute Gasteiger partial charge is 0.479 e. The molecule has 0 aromatic heterocycles. The quantitative estimate of drug-likeness (QED) is 0.588. The van der Waals surface area contributed by atoms with Gasteiger partial charge in [0.15, 0.2) is 6.10 Å². The highest BCUT2D eigenvalue weighted by atomic mass is 79.9. The van der Waals surface area contributed by atoms with Crippen LogP contribution >= 0.6 is 15.9 Å². The molecule has 2 aromatic rings. The summed E-state index contributed by atoms with van der Waals surface area (Å²) in [7, 11) is 0. The maximum Gasteiger partial charge on any atom is 0.352 e. The summed E-state index contributed by atoms with van der Waals surface area (Å²) >= 11 is 3.21. The number of hydrogen-bond donors (Lipinski definition) is 1. The van der Waals surface area contributed by atoms with Gasteiger partial charge in [0.05, 0.1) is 10.0 Å². The summed E-state index contributed by atoms with van der Waals surface area (Å²) in [5, 5.41) is 8.94. The van der Waals surface area contributed by atoms with E-state index in [1.54, 1.807) is 12.1 Å². The fraction of sp³-hybridized carbons (Fsp3) is 0.222. The van der Waals surface area contributed by atoms with Gasteiger partial charge < -0.3 is 14.6 Å². The fourth-order valence-corrected chi connectivity index (χ4v) is 2.43. The second kappa shape index (κ2) is 7.97. The van der Waals surface area contributed by atoms with Gasteiger partial charge in [-0.15, -0.1) is 0 Å². The molecule has 2 rings (SSSR count). The van der Waals surface area contributed by atoms with Gasteiger partial charge in [-0.3, -0.25) is 0 Å². The van der Waals surface area contributed by atoms with E-state index in [9.17, 15) is 9.59 Å². The molecule has 0 radical (unpaired) electrons. The van der Waals surface area contributed by atoms with E-state index in [4.69, 9.17) is 14.6 Å². The van der Waals surface area contributed by atoms with Gasteiger partial charge in [-0.25, -0.2) is 9.59 Å². The number of carbonyl (C=O) groups excluding carboxylic acids is 1. The van der Waals surface area contributed by atoms with Crippen LogP contribution in [0.1, 0.15) is 29.3 Å². The van der Waals surface area contributed by atoms with E-state index in [-0.39, 0.29) is 11.3 Å². The summed E-state index contributed by atoms with van der Waals surface area (Å²) < 4.78 is 11.4. The summed E-state index contributed by atoms with van der Waals surface area (Å²) in [6.45, 7) is 3.79. The van der Waals surface area contributed by atoms with Crippen LogP contribution < -0.4 is 9.47 Å². The van der Waals surface area contributed by atoms with Crippen molar-refractivity contribution in [1.29, 1.82) is 0 Å². The highest BCUT2D eigenvalue weighted by Gasteiger charge is 2.22. The SMILES string of the molecule is CCC(Oc1ccc(C)cc1)C(=O)Oc1ccc(C(=O)O)cc1Br. The average molecular weight is 393 g/mol. The summed E-state index contributed by atoms with van der Waals surface area (Å²) in [6.07, 6.45) is -0.309. The molecular weight excluding hydrogens is 376 g/mol. The molecule has 6 heteroatoms. The average Bonchev–Trinajstić information content (AvgIpc) is 2.55. The molecule has 0 heterocycles. The number of carboxylic acids is 1. The van der Waals surface area contributed by atoms with Gasteiger partial charge in [-0.05, 0) is 59.6 Å². The number of rotatable bonds is 6. The van der Waals surface area contributed by atoms with E-state index in [1.165, 1.54) is 18.2 Å². The number of carbonyl (C=O) groups is 2. The fourth-order valence-electron chi connectivity index (χ4n) is 1.97. The van der Waals surface area contributed by atoms with Crippen LogP contribution in [0.15, 0.2) is 46.9 Å². The first-order valence-corrected chi connectivity index (χ1v) is 8.18. The zero-order chi connectivity index (χ0) is 17.7. The summed E-state index contributed by atoms with van der Waals surface area (Å²) in [6, 6.07) is 11.6. The molecule has 0 spiro atoms. The van der Waals surface area contributed by atoms with Crippen molar-refractivity contribution in [2.75, 3.05) is 0 Å². The number of benzene rings is 2. The molecule has 126 valence electrons. The van der Waals surface area contributed by atoms with Crippen molar-refractivity contribution in [1.82, 2.24) is 0 Å². The van der Waals surface area contributed by atoms with Gasteiger partial charge in [0.2, 0.25) is 0 Å². The summed E-state index contributed by atoms with van der Waals surface area (Å²) in [5.41, 5.74) is 1.20. The Hall–Kier alpha value is -2.34. The lowest BCUT2D eigenvalue weighted by Gasteiger charge is -2.17. The van der Waals surface area contributed by atoms with Crippen molar-refractivity contribution in [3.8, 4) is 11.5 Å². The third-order valence-electron chi connectivity index (χ3n) is 3.32. The second-order valence-electron chi connectivity index (χ2n) is 5.20. The molecule has 2 aromatic carbocycles. The first-order chi connectivity index (χ1) is 11.4. The summed E-state index contributed by atoms with van der Waals surface area (Å²) in [5.74, 6) is -0.759. The molecule has 0 bridgehead atoms. The minimum atomic E-state index is -1.05. The molecule has 1 N–H and O–H groups in total. The van der Waals surface area contributed by atoms with Crippen LogP contribution in [-0.2, 0) is 4.79 Å². The summed E-state index contributed by atoms with van der Waals surface area (Å²) in [4.78, 5) is 23.2.